The van der Waals surface area contributed by atoms with Gasteiger partial charge < -0.3 is 20.9 Å². The first-order valence-corrected chi connectivity index (χ1v) is 11.1. The molecular weight excluding hydrogens is 395 g/mol. The number of hydrogen-bond donors (Lipinski definition) is 3. The number of carbonyl (C=O) groups is 2. The first kappa shape index (κ1) is 20.2. The summed E-state index contributed by atoms with van der Waals surface area (Å²) in [6.45, 7) is 5.84. The van der Waals surface area contributed by atoms with Crippen LogP contribution in [0.5, 0.6) is 0 Å². The van der Waals surface area contributed by atoms with Gasteiger partial charge in [-0.3, -0.25) is 9.59 Å². The number of rotatable bonds is 4. The Kier molecular flexibility index (Phi) is 4.70. The highest BCUT2D eigenvalue weighted by Gasteiger charge is 2.39. The molecule has 6 nitrogen and oxygen atoms in total. The van der Waals surface area contributed by atoms with Crippen LogP contribution in [0.15, 0.2) is 12.1 Å². The number of nitrogens with two attached hydrogens (primary N) is 1. The Hall–Kier alpha value is -2.67. The third-order valence-electron chi connectivity index (χ3n) is 6.88. The van der Waals surface area contributed by atoms with Crippen molar-refractivity contribution < 1.29 is 14.0 Å². The maximum Gasteiger partial charge on any atom is 0.253 e. The number of anilines is 1. The van der Waals surface area contributed by atoms with Crippen LogP contribution in [0, 0.1) is 11.2 Å². The molecule has 2 heterocycles. The maximum absolute atomic E-state index is 15.2. The van der Waals surface area contributed by atoms with Gasteiger partial charge in [-0.15, -0.1) is 0 Å². The van der Waals surface area contributed by atoms with Crippen LogP contribution >= 0.6 is 0 Å². The van der Waals surface area contributed by atoms with Crippen molar-refractivity contribution in [2.75, 3.05) is 18.4 Å². The molecule has 4 N–H and O–H groups in total. The smallest absolute Gasteiger partial charge is 0.253 e. The van der Waals surface area contributed by atoms with Crippen molar-refractivity contribution in [2.24, 2.45) is 11.1 Å². The van der Waals surface area contributed by atoms with Crippen LogP contribution < -0.4 is 16.4 Å². The van der Waals surface area contributed by atoms with E-state index < -0.39 is 11.7 Å². The molecule has 0 saturated carbocycles. The molecule has 31 heavy (non-hydrogen) atoms. The molecule has 2 aliphatic carbocycles. The molecule has 0 radical (unpaired) electrons. The summed E-state index contributed by atoms with van der Waals surface area (Å²) in [5.74, 6) is -1.23. The van der Waals surface area contributed by atoms with Gasteiger partial charge >= 0.3 is 0 Å². The zero-order valence-electron chi connectivity index (χ0n) is 18.1. The van der Waals surface area contributed by atoms with Crippen LogP contribution in [0.2, 0.25) is 0 Å². The molecule has 1 atom stereocenters. The predicted octanol–water partition coefficient (Wildman–Crippen LogP) is 3.13. The Morgan fingerprint density at radius 3 is 2.77 bits per heavy atom. The number of nitrogens with one attached hydrogen (secondary N) is 2. The van der Waals surface area contributed by atoms with Crippen LogP contribution in [0.4, 0.5) is 10.1 Å². The van der Waals surface area contributed by atoms with Gasteiger partial charge in [-0.05, 0) is 61.8 Å². The van der Waals surface area contributed by atoms with Gasteiger partial charge in [-0.25, -0.2) is 4.39 Å². The summed E-state index contributed by atoms with van der Waals surface area (Å²) in [6, 6.07) is 3.33. The minimum Gasteiger partial charge on any atom is -0.380 e. The molecule has 1 aromatic carbocycles. The van der Waals surface area contributed by atoms with Crippen LogP contribution in [-0.2, 0) is 19.3 Å². The van der Waals surface area contributed by atoms with Crippen LogP contribution in [0.25, 0.3) is 5.69 Å². The van der Waals surface area contributed by atoms with Crippen LogP contribution in [0.1, 0.15) is 70.8 Å². The van der Waals surface area contributed by atoms with E-state index in [1.807, 2.05) is 6.07 Å². The van der Waals surface area contributed by atoms with Crippen molar-refractivity contribution in [1.82, 2.24) is 9.88 Å². The van der Waals surface area contributed by atoms with Gasteiger partial charge in [-0.2, -0.15) is 0 Å². The molecule has 7 heteroatoms. The highest BCUT2D eigenvalue weighted by molar-refractivity contribution is 6.01. The van der Waals surface area contributed by atoms with Gasteiger partial charge in [0, 0.05) is 36.0 Å². The number of primary amides is 1. The third-order valence-corrected chi connectivity index (χ3v) is 6.88. The number of aromatic nitrogens is 1. The summed E-state index contributed by atoms with van der Waals surface area (Å²) in [5, 5.41) is 6.59. The number of hydrogen-bond acceptors (Lipinski definition) is 4. The quantitative estimate of drug-likeness (QED) is 0.704. The van der Waals surface area contributed by atoms with Gasteiger partial charge in [0.15, 0.2) is 5.78 Å². The average Bonchev–Trinajstić information content (AvgIpc) is 3.36. The number of amides is 1. The highest BCUT2D eigenvalue weighted by Crippen LogP contribution is 2.43. The van der Waals surface area contributed by atoms with Crippen molar-refractivity contribution in [3.05, 3.63) is 46.0 Å². The monoisotopic (exact) mass is 424 g/mol. The van der Waals surface area contributed by atoms with E-state index >= 15 is 4.39 Å². The topological polar surface area (TPSA) is 89.2 Å². The number of ketones is 1. The normalized spacial score (nSPS) is 21.8. The zero-order valence-corrected chi connectivity index (χ0v) is 18.1. The van der Waals surface area contributed by atoms with Gasteiger partial charge in [0.25, 0.3) is 5.91 Å². The summed E-state index contributed by atoms with van der Waals surface area (Å²) >= 11 is 0. The van der Waals surface area contributed by atoms with Gasteiger partial charge in [0.2, 0.25) is 0 Å². The molecule has 1 fully saturated rings. The molecule has 1 amide bonds. The molecule has 1 aromatic heterocycles. The fraction of sp³-hybridized carbons (Fsp3) is 0.500. The van der Waals surface area contributed by atoms with E-state index in [4.69, 9.17) is 5.73 Å². The Morgan fingerprint density at radius 1 is 1.26 bits per heavy atom. The number of Topliss-reactive ketones (excluding diaryl/α,β-unsaturated/α-hetero) is 1. The van der Waals surface area contributed by atoms with Crippen molar-refractivity contribution in [2.45, 2.75) is 58.4 Å². The molecular formula is C24H29FN4O2. The second-order valence-electron chi connectivity index (χ2n) is 9.93. The van der Waals surface area contributed by atoms with E-state index in [9.17, 15) is 9.59 Å². The largest absolute Gasteiger partial charge is 0.380 e. The van der Waals surface area contributed by atoms with E-state index in [1.165, 1.54) is 6.07 Å². The average molecular weight is 425 g/mol. The Labute approximate surface area is 181 Å². The Bertz CT molecular complexity index is 1100. The molecule has 0 bridgehead atoms. The first-order chi connectivity index (χ1) is 14.7. The third kappa shape index (κ3) is 3.35. The van der Waals surface area contributed by atoms with Crippen LogP contribution in [-0.4, -0.2) is 35.4 Å². The first-order valence-electron chi connectivity index (χ1n) is 11.1. The summed E-state index contributed by atoms with van der Waals surface area (Å²) in [7, 11) is 0. The minimum atomic E-state index is -0.784. The standard InChI is InChI=1S/C24H29FN4O2/c1-24(2)10-19-21(20(30)11-24)15-4-3-5-18(15)29(19)14-8-16(25)22(23(26)31)17(9-14)28-13-6-7-27-12-13/h8-9,13,27-28H,3-7,10-12H2,1-2H3,(H2,26,31)/t13-/m0/s1. The highest BCUT2D eigenvalue weighted by atomic mass is 19.1. The zero-order chi connectivity index (χ0) is 21.9. The van der Waals surface area contributed by atoms with E-state index in [0.29, 0.717) is 17.8 Å². The van der Waals surface area contributed by atoms with Gasteiger partial charge in [0.1, 0.15) is 5.82 Å². The fourth-order valence-corrected chi connectivity index (χ4v) is 5.62. The Balaban J connectivity index is 1.69. The lowest BCUT2D eigenvalue weighted by molar-refractivity contribution is 0.0909. The molecule has 0 unspecified atom stereocenters. The van der Waals surface area contributed by atoms with Crippen molar-refractivity contribution >= 4 is 17.4 Å². The van der Waals surface area contributed by atoms with Crippen molar-refractivity contribution in [3.8, 4) is 5.69 Å². The molecule has 1 aliphatic heterocycles. The van der Waals surface area contributed by atoms with E-state index in [-0.39, 0.29) is 22.8 Å². The number of carbonyl (C=O) groups excluding carboxylic acids is 2. The minimum absolute atomic E-state index is 0.107. The number of fused-ring (bicyclic) bond motifs is 3. The van der Waals surface area contributed by atoms with Gasteiger partial charge in [0.05, 0.1) is 16.9 Å². The SMILES string of the molecule is CC1(C)CC(=O)c2c3c(n(-c4cc(F)c(C(N)=O)c(N[C@H]5CCNC5)c4)c2C1)CCC3. The summed E-state index contributed by atoms with van der Waals surface area (Å²) in [4.78, 5) is 25.1. The molecule has 3 aliphatic rings. The van der Waals surface area contributed by atoms with Crippen molar-refractivity contribution in [1.29, 1.82) is 0 Å². The predicted molar refractivity (Wildman–Crippen MR) is 118 cm³/mol. The second kappa shape index (κ2) is 7.19. The molecule has 5 rings (SSSR count). The molecule has 0 spiro atoms. The molecule has 1 saturated heterocycles. The lowest BCUT2D eigenvalue weighted by atomic mass is 9.75. The van der Waals surface area contributed by atoms with Gasteiger partial charge in [-0.1, -0.05) is 13.8 Å². The number of benzene rings is 1. The lowest BCUT2D eigenvalue weighted by Gasteiger charge is -2.30. The molecule has 164 valence electrons. The fourth-order valence-electron chi connectivity index (χ4n) is 5.62. The second-order valence-corrected chi connectivity index (χ2v) is 9.93. The Morgan fingerprint density at radius 2 is 2.06 bits per heavy atom. The van der Waals surface area contributed by atoms with E-state index in [0.717, 1.165) is 67.7 Å². The lowest BCUT2D eigenvalue weighted by Crippen LogP contribution is -2.28. The van der Waals surface area contributed by atoms with Crippen molar-refractivity contribution in [3.63, 3.8) is 0 Å². The summed E-state index contributed by atoms with van der Waals surface area (Å²) < 4.78 is 17.3. The van der Waals surface area contributed by atoms with E-state index in [1.54, 1.807) is 0 Å². The maximum atomic E-state index is 15.2. The summed E-state index contributed by atoms with van der Waals surface area (Å²) in [5.41, 5.74) is 10.4. The summed E-state index contributed by atoms with van der Waals surface area (Å²) in [6.07, 6.45) is 4.93. The van der Waals surface area contributed by atoms with Crippen LogP contribution in [0.3, 0.4) is 0 Å². The number of nitrogens with zero attached hydrogens (tertiary/aromatic N) is 1. The van der Waals surface area contributed by atoms with E-state index in [2.05, 4.69) is 29.0 Å². The molecule has 2 aromatic rings. The number of halogens is 1.